The third-order valence-electron chi connectivity index (χ3n) is 3.31. The average molecular weight is 402 g/mol. The number of carboxylic acid groups (broad SMARTS) is 1. The van der Waals surface area contributed by atoms with E-state index in [0.29, 0.717) is 24.3 Å². The van der Waals surface area contributed by atoms with Crippen LogP contribution in [0.4, 0.5) is 4.79 Å². The molecule has 2 atom stereocenters. The number of rotatable bonds is 13. The minimum absolute atomic E-state index is 0.132. The Morgan fingerprint density at radius 3 is 2.46 bits per heavy atom. The van der Waals surface area contributed by atoms with Gasteiger partial charge in [-0.15, -0.1) is 0 Å². The number of carboxylic acids is 1. The van der Waals surface area contributed by atoms with Gasteiger partial charge in [-0.25, -0.2) is 4.79 Å². The molecule has 1 rings (SSSR count). The van der Waals surface area contributed by atoms with Gasteiger partial charge in [0.05, 0.1) is 5.92 Å². The Morgan fingerprint density at radius 2 is 1.85 bits per heavy atom. The first-order valence-corrected chi connectivity index (χ1v) is 10.5. The number of amides is 1. The van der Waals surface area contributed by atoms with Crippen molar-refractivity contribution in [3.05, 3.63) is 35.9 Å². The smallest absolute Gasteiger partial charge is 0.410 e. The molecule has 1 aromatic rings. The van der Waals surface area contributed by atoms with Crippen molar-refractivity contribution in [3.8, 4) is 0 Å². The molecule has 0 saturated carbocycles. The van der Waals surface area contributed by atoms with E-state index in [1.807, 2.05) is 30.3 Å². The lowest BCUT2D eigenvalue weighted by atomic mass is 10.1. The zero-order chi connectivity index (χ0) is 19.2. The van der Waals surface area contributed by atoms with Crippen LogP contribution in [0, 0.1) is 5.92 Å². The molecule has 0 unspecified atom stereocenters. The Kier molecular flexibility index (Phi) is 11.4. The minimum Gasteiger partial charge on any atom is -0.481 e. The van der Waals surface area contributed by atoms with Crippen molar-refractivity contribution in [1.29, 1.82) is 0 Å². The molecular formula is C17H23NO6S2. The number of ether oxygens (including phenoxy) is 2. The summed E-state index contributed by atoms with van der Waals surface area (Å²) >= 11 is 0. The average Bonchev–Trinajstić information content (AvgIpc) is 2.63. The van der Waals surface area contributed by atoms with Gasteiger partial charge in [-0.05, 0) is 12.0 Å². The van der Waals surface area contributed by atoms with Crippen molar-refractivity contribution in [1.82, 2.24) is 5.32 Å². The highest BCUT2D eigenvalue weighted by molar-refractivity contribution is 8.76. The molecule has 0 aliphatic rings. The number of carbonyl (C=O) groups is 3. The molecule has 0 heterocycles. The molecule has 0 aliphatic heterocycles. The largest absolute Gasteiger partial charge is 0.481 e. The van der Waals surface area contributed by atoms with Crippen LogP contribution in [-0.4, -0.2) is 41.4 Å². The van der Waals surface area contributed by atoms with Crippen molar-refractivity contribution in [2.75, 3.05) is 11.5 Å². The predicted octanol–water partition coefficient (Wildman–Crippen LogP) is 3.29. The number of aliphatic carboxylic acids is 1. The molecule has 26 heavy (non-hydrogen) atoms. The van der Waals surface area contributed by atoms with E-state index in [1.165, 1.54) is 10.8 Å². The Hall–Kier alpha value is -1.87. The van der Waals surface area contributed by atoms with Gasteiger partial charge < -0.3 is 14.6 Å². The summed E-state index contributed by atoms with van der Waals surface area (Å²) < 4.78 is 9.93. The Labute approximate surface area is 160 Å². The van der Waals surface area contributed by atoms with Crippen LogP contribution in [0.15, 0.2) is 30.3 Å². The summed E-state index contributed by atoms with van der Waals surface area (Å²) in [6.07, 6.45) is -0.410. The van der Waals surface area contributed by atoms with Crippen LogP contribution in [-0.2, 0) is 25.7 Å². The third kappa shape index (κ3) is 10.2. The zero-order valence-electron chi connectivity index (χ0n) is 14.5. The van der Waals surface area contributed by atoms with Crippen LogP contribution in [0.1, 0.15) is 25.3 Å². The van der Waals surface area contributed by atoms with Gasteiger partial charge in [0, 0.05) is 17.9 Å². The highest BCUT2D eigenvalue weighted by atomic mass is 33.1. The molecule has 7 nitrogen and oxygen atoms in total. The van der Waals surface area contributed by atoms with Gasteiger partial charge in [0.2, 0.25) is 0 Å². The molecule has 144 valence electrons. The van der Waals surface area contributed by atoms with Crippen LogP contribution in [0.25, 0.3) is 0 Å². The van der Waals surface area contributed by atoms with Gasteiger partial charge in [0.15, 0.2) is 6.23 Å². The van der Waals surface area contributed by atoms with Crippen LogP contribution in [0.5, 0.6) is 0 Å². The SMILES string of the molecule is C[C@@H](CCSSCC[C@H](NC(=O)OCc1ccccc1)OC=O)C(=O)O. The first-order valence-electron chi connectivity index (χ1n) is 8.06. The molecular weight excluding hydrogens is 378 g/mol. The summed E-state index contributed by atoms with van der Waals surface area (Å²) in [6.45, 7) is 2.09. The van der Waals surface area contributed by atoms with Crippen molar-refractivity contribution in [2.45, 2.75) is 32.6 Å². The first kappa shape index (κ1) is 22.2. The standard InChI is InChI=1S/C17H23NO6S2/c1-13(16(20)21)7-9-25-26-10-8-15(24-12-19)18-17(22)23-11-14-5-3-2-4-6-14/h2-6,12-13,15H,7-11H2,1H3,(H,18,22)(H,20,21)/t13-,15+/m0/s1. The van der Waals surface area contributed by atoms with Crippen LogP contribution in [0.3, 0.4) is 0 Å². The fourth-order valence-corrected chi connectivity index (χ4v) is 4.04. The van der Waals surface area contributed by atoms with E-state index in [0.717, 1.165) is 5.56 Å². The Morgan fingerprint density at radius 1 is 1.19 bits per heavy atom. The van der Waals surface area contributed by atoms with Crippen LogP contribution < -0.4 is 5.32 Å². The van der Waals surface area contributed by atoms with Gasteiger partial charge in [-0.2, -0.15) is 0 Å². The molecule has 0 aromatic heterocycles. The number of hydrogen-bond acceptors (Lipinski definition) is 7. The first-order chi connectivity index (χ1) is 12.5. The number of hydrogen-bond donors (Lipinski definition) is 2. The molecule has 0 radical (unpaired) electrons. The van der Waals surface area contributed by atoms with Crippen LogP contribution >= 0.6 is 21.6 Å². The van der Waals surface area contributed by atoms with E-state index in [4.69, 9.17) is 14.6 Å². The summed E-state index contributed by atoms with van der Waals surface area (Å²) in [4.78, 5) is 33.1. The molecule has 0 bridgehead atoms. The Balaban J connectivity index is 2.20. The Bertz CT molecular complexity index is 557. The molecule has 0 spiro atoms. The van der Waals surface area contributed by atoms with Crippen molar-refractivity contribution in [3.63, 3.8) is 0 Å². The second kappa shape index (κ2) is 13.3. The highest BCUT2D eigenvalue weighted by Gasteiger charge is 2.14. The third-order valence-corrected chi connectivity index (χ3v) is 5.79. The van der Waals surface area contributed by atoms with Crippen molar-refractivity contribution >= 4 is 40.1 Å². The molecule has 1 amide bonds. The number of benzene rings is 1. The topological polar surface area (TPSA) is 102 Å². The fourth-order valence-electron chi connectivity index (χ4n) is 1.76. The van der Waals surface area contributed by atoms with Gasteiger partial charge >= 0.3 is 12.1 Å². The van der Waals surface area contributed by atoms with E-state index < -0.39 is 18.3 Å². The van der Waals surface area contributed by atoms with Gasteiger partial charge in [-0.3, -0.25) is 14.9 Å². The number of nitrogens with one attached hydrogen (secondary N) is 1. The second-order valence-corrected chi connectivity index (χ2v) is 8.09. The molecule has 2 N–H and O–H groups in total. The number of carbonyl (C=O) groups excluding carboxylic acids is 2. The van der Waals surface area contributed by atoms with E-state index in [2.05, 4.69) is 5.32 Å². The van der Waals surface area contributed by atoms with Gasteiger partial charge in [0.1, 0.15) is 6.61 Å². The zero-order valence-corrected chi connectivity index (χ0v) is 16.1. The van der Waals surface area contributed by atoms with Gasteiger partial charge in [0.25, 0.3) is 6.47 Å². The van der Waals surface area contributed by atoms with E-state index in [-0.39, 0.29) is 19.0 Å². The summed E-state index contributed by atoms with van der Waals surface area (Å²) in [7, 11) is 3.09. The molecule has 0 fully saturated rings. The molecule has 0 saturated heterocycles. The molecule has 0 aliphatic carbocycles. The molecule has 1 aromatic carbocycles. The quantitative estimate of drug-likeness (QED) is 0.225. The summed E-state index contributed by atoms with van der Waals surface area (Å²) in [6, 6.07) is 9.25. The number of alkyl carbamates (subject to hydrolysis) is 1. The summed E-state index contributed by atoms with van der Waals surface area (Å²) in [5, 5.41) is 11.3. The van der Waals surface area contributed by atoms with Crippen molar-refractivity contribution < 1.29 is 29.0 Å². The van der Waals surface area contributed by atoms with Crippen molar-refractivity contribution in [2.24, 2.45) is 5.92 Å². The monoisotopic (exact) mass is 401 g/mol. The van der Waals surface area contributed by atoms with E-state index in [1.54, 1.807) is 17.7 Å². The second-order valence-electron chi connectivity index (χ2n) is 5.39. The lowest BCUT2D eigenvalue weighted by Crippen LogP contribution is -2.37. The van der Waals surface area contributed by atoms with E-state index >= 15 is 0 Å². The summed E-state index contributed by atoms with van der Waals surface area (Å²) in [5.41, 5.74) is 0.859. The van der Waals surface area contributed by atoms with Crippen LogP contribution in [0.2, 0.25) is 0 Å². The maximum Gasteiger partial charge on any atom is 0.410 e. The maximum absolute atomic E-state index is 11.8. The van der Waals surface area contributed by atoms with E-state index in [9.17, 15) is 14.4 Å². The fraction of sp³-hybridized carbons (Fsp3) is 0.471. The summed E-state index contributed by atoms with van der Waals surface area (Å²) in [5.74, 6) is 0.177. The molecule has 9 heteroatoms. The highest BCUT2D eigenvalue weighted by Crippen LogP contribution is 2.24. The maximum atomic E-state index is 11.8. The lowest BCUT2D eigenvalue weighted by Gasteiger charge is -2.16. The van der Waals surface area contributed by atoms with Gasteiger partial charge in [-0.1, -0.05) is 58.8 Å². The predicted molar refractivity (Wildman–Crippen MR) is 102 cm³/mol. The normalized spacial score (nSPS) is 12.7. The lowest BCUT2D eigenvalue weighted by molar-refractivity contribution is -0.141. The minimum atomic E-state index is -0.798.